The Labute approximate surface area is 183 Å². The number of benzene rings is 1. The molecule has 0 spiro atoms. The molecule has 1 saturated heterocycles. The van der Waals surface area contributed by atoms with Crippen LogP contribution in [0.15, 0.2) is 42.7 Å². The highest BCUT2D eigenvalue weighted by molar-refractivity contribution is 6.06. The zero-order valence-electron chi connectivity index (χ0n) is 18.6. The second-order valence-electron chi connectivity index (χ2n) is 8.51. The van der Waals surface area contributed by atoms with Crippen LogP contribution in [-0.4, -0.2) is 64.5 Å². The highest BCUT2D eigenvalue weighted by atomic mass is 16.5. The summed E-state index contributed by atoms with van der Waals surface area (Å²) in [6.45, 7) is 7.09. The summed E-state index contributed by atoms with van der Waals surface area (Å²) in [5, 5.41) is 0.861. The fourth-order valence-electron chi connectivity index (χ4n) is 3.81. The van der Waals surface area contributed by atoms with Crippen LogP contribution in [-0.2, 0) is 11.3 Å². The van der Waals surface area contributed by atoms with Gasteiger partial charge in [-0.2, -0.15) is 0 Å². The van der Waals surface area contributed by atoms with Crippen molar-refractivity contribution in [2.24, 2.45) is 0 Å². The molecule has 1 fully saturated rings. The summed E-state index contributed by atoms with van der Waals surface area (Å²) in [6.07, 6.45) is 3.63. The van der Waals surface area contributed by atoms with E-state index in [1.807, 2.05) is 42.7 Å². The van der Waals surface area contributed by atoms with Gasteiger partial charge in [0.15, 0.2) is 0 Å². The van der Waals surface area contributed by atoms with Crippen LogP contribution in [0.4, 0.5) is 0 Å². The molecule has 31 heavy (non-hydrogen) atoms. The number of fused-ring (bicyclic) bond motifs is 1. The maximum Gasteiger partial charge on any atom is 0.254 e. The molecule has 2 aromatic heterocycles. The molecule has 7 heteroatoms. The number of nitrogens with zero attached hydrogens (tertiary/aromatic N) is 5. The molecule has 1 aliphatic heterocycles. The summed E-state index contributed by atoms with van der Waals surface area (Å²) in [6, 6.07) is 9.65. The first-order chi connectivity index (χ1) is 14.9. The van der Waals surface area contributed by atoms with Crippen LogP contribution < -0.4 is 0 Å². The third kappa shape index (κ3) is 4.73. The summed E-state index contributed by atoms with van der Waals surface area (Å²) in [5.74, 6) is 1.15. The summed E-state index contributed by atoms with van der Waals surface area (Å²) in [4.78, 5) is 30.5. The van der Waals surface area contributed by atoms with Crippen LogP contribution in [0.2, 0.25) is 0 Å². The number of para-hydroxylation sites is 1. The normalized spacial score (nSPS) is 17.3. The fraction of sp³-hybridized carbons (Fsp3) is 0.417. The fourth-order valence-corrected chi connectivity index (χ4v) is 3.81. The standard InChI is InChI=1S/C24H29N5O2/c1-16(2)23-25-12-17(13-26-23)14-29-9-10-31-22(15-29)21-11-19(24(30)28(3)4)18-7-5-6-8-20(18)27-21/h5-8,11-13,16,22H,9-10,14-15H2,1-4H3/t22-/m1/s1. The van der Waals surface area contributed by atoms with Crippen molar-refractivity contribution in [2.75, 3.05) is 33.8 Å². The minimum Gasteiger partial charge on any atom is -0.369 e. The molecule has 0 N–H and O–H groups in total. The maximum absolute atomic E-state index is 12.8. The minimum absolute atomic E-state index is 0.0325. The molecule has 162 valence electrons. The van der Waals surface area contributed by atoms with E-state index in [2.05, 4.69) is 28.7 Å². The molecule has 4 rings (SSSR count). The van der Waals surface area contributed by atoms with Crippen molar-refractivity contribution in [2.45, 2.75) is 32.4 Å². The Hall–Kier alpha value is -2.90. The molecule has 0 radical (unpaired) electrons. The zero-order valence-corrected chi connectivity index (χ0v) is 18.6. The number of carbonyl (C=O) groups is 1. The quantitative estimate of drug-likeness (QED) is 0.631. The van der Waals surface area contributed by atoms with E-state index in [0.29, 0.717) is 24.6 Å². The average molecular weight is 420 g/mol. The van der Waals surface area contributed by atoms with Gasteiger partial charge < -0.3 is 9.64 Å². The lowest BCUT2D eigenvalue weighted by molar-refractivity contribution is -0.0349. The first-order valence-electron chi connectivity index (χ1n) is 10.7. The van der Waals surface area contributed by atoms with Gasteiger partial charge in [0.05, 0.1) is 23.4 Å². The summed E-state index contributed by atoms with van der Waals surface area (Å²) < 4.78 is 6.07. The van der Waals surface area contributed by atoms with Crippen LogP contribution in [0.25, 0.3) is 10.9 Å². The second kappa shape index (κ2) is 9.08. The third-order valence-electron chi connectivity index (χ3n) is 5.50. The van der Waals surface area contributed by atoms with Crippen LogP contribution in [0.1, 0.15) is 53.3 Å². The molecule has 1 aliphatic rings. The van der Waals surface area contributed by atoms with Gasteiger partial charge in [0, 0.05) is 63.0 Å². The van der Waals surface area contributed by atoms with Crippen molar-refractivity contribution >= 4 is 16.8 Å². The lowest BCUT2D eigenvalue weighted by atomic mass is 10.0. The number of carbonyl (C=O) groups excluding carboxylic acids is 1. The number of amides is 1. The van der Waals surface area contributed by atoms with Crippen molar-refractivity contribution in [3.05, 3.63) is 65.4 Å². The monoisotopic (exact) mass is 419 g/mol. The highest BCUT2D eigenvalue weighted by Gasteiger charge is 2.25. The molecular weight excluding hydrogens is 390 g/mol. The van der Waals surface area contributed by atoms with E-state index in [4.69, 9.17) is 9.72 Å². The van der Waals surface area contributed by atoms with E-state index in [0.717, 1.165) is 41.1 Å². The number of hydrogen-bond donors (Lipinski definition) is 0. The molecule has 0 bridgehead atoms. The lowest BCUT2D eigenvalue weighted by Crippen LogP contribution is -2.38. The first-order valence-corrected chi connectivity index (χ1v) is 10.7. The van der Waals surface area contributed by atoms with Crippen LogP contribution in [0.5, 0.6) is 0 Å². The van der Waals surface area contributed by atoms with E-state index in [9.17, 15) is 4.79 Å². The minimum atomic E-state index is -0.192. The van der Waals surface area contributed by atoms with Crippen LogP contribution >= 0.6 is 0 Å². The van der Waals surface area contributed by atoms with Crippen molar-refractivity contribution in [1.29, 1.82) is 0 Å². The topological polar surface area (TPSA) is 71.5 Å². The Morgan fingerprint density at radius 1 is 1.23 bits per heavy atom. The molecular formula is C24H29N5O2. The Bertz CT molecular complexity index is 1070. The number of hydrogen-bond acceptors (Lipinski definition) is 6. The molecule has 0 unspecified atom stereocenters. The van der Waals surface area contributed by atoms with Gasteiger partial charge >= 0.3 is 0 Å². The maximum atomic E-state index is 12.8. The average Bonchev–Trinajstić information content (AvgIpc) is 2.78. The number of morpholine rings is 1. The molecule has 0 aliphatic carbocycles. The van der Waals surface area contributed by atoms with E-state index in [-0.39, 0.29) is 12.0 Å². The first kappa shape index (κ1) is 21.3. The summed E-state index contributed by atoms with van der Waals surface area (Å²) in [7, 11) is 3.53. The van der Waals surface area contributed by atoms with Gasteiger partial charge in [0.2, 0.25) is 0 Å². The molecule has 3 aromatic rings. The molecule has 3 heterocycles. The van der Waals surface area contributed by atoms with Crippen LogP contribution in [0.3, 0.4) is 0 Å². The lowest BCUT2D eigenvalue weighted by Gasteiger charge is -2.32. The third-order valence-corrected chi connectivity index (χ3v) is 5.50. The Balaban J connectivity index is 1.57. The van der Waals surface area contributed by atoms with Crippen molar-refractivity contribution in [3.8, 4) is 0 Å². The molecule has 0 saturated carbocycles. The van der Waals surface area contributed by atoms with E-state index >= 15 is 0 Å². The van der Waals surface area contributed by atoms with Gasteiger partial charge in [0.1, 0.15) is 11.9 Å². The number of rotatable bonds is 5. The second-order valence-corrected chi connectivity index (χ2v) is 8.51. The van der Waals surface area contributed by atoms with Gasteiger partial charge in [-0.25, -0.2) is 15.0 Å². The molecule has 1 aromatic carbocycles. The van der Waals surface area contributed by atoms with E-state index in [1.165, 1.54) is 0 Å². The van der Waals surface area contributed by atoms with Gasteiger partial charge in [-0.05, 0) is 12.1 Å². The summed E-state index contributed by atoms with van der Waals surface area (Å²) in [5.41, 5.74) is 3.34. The van der Waals surface area contributed by atoms with Gasteiger partial charge in [0.25, 0.3) is 5.91 Å². The van der Waals surface area contributed by atoms with Crippen molar-refractivity contribution in [3.63, 3.8) is 0 Å². The smallest absolute Gasteiger partial charge is 0.254 e. The van der Waals surface area contributed by atoms with Gasteiger partial charge in [-0.15, -0.1) is 0 Å². The summed E-state index contributed by atoms with van der Waals surface area (Å²) >= 11 is 0. The van der Waals surface area contributed by atoms with Crippen LogP contribution in [0, 0.1) is 0 Å². The number of aromatic nitrogens is 3. The Morgan fingerprint density at radius 2 is 1.97 bits per heavy atom. The van der Waals surface area contributed by atoms with Crippen molar-refractivity contribution in [1.82, 2.24) is 24.8 Å². The van der Waals surface area contributed by atoms with E-state index in [1.54, 1.807) is 19.0 Å². The predicted octanol–water partition coefficient (Wildman–Crippen LogP) is 3.42. The van der Waals surface area contributed by atoms with Gasteiger partial charge in [-0.3, -0.25) is 9.69 Å². The van der Waals surface area contributed by atoms with E-state index < -0.39 is 0 Å². The largest absolute Gasteiger partial charge is 0.369 e. The van der Waals surface area contributed by atoms with Crippen molar-refractivity contribution < 1.29 is 9.53 Å². The molecule has 7 nitrogen and oxygen atoms in total. The number of pyridine rings is 1. The Morgan fingerprint density at radius 3 is 2.68 bits per heavy atom. The molecule has 1 amide bonds. The number of ether oxygens (including phenoxy) is 1. The molecule has 1 atom stereocenters. The predicted molar refractivity (Wildman–Crippen MR) is 120 cm³/mol. The van der Waals surface area contributed by atoms with Gasteiger partial charge in [-0.1, -0.05) is 32.0 Å². The Kier molecular flexibility index (Phi) is 6.25. The highest BCUT2D eigenvalue weighted by Crippen LogP contribution is 2.27. The SMILES string of the molecule is CC(C)c1ncc(CN2CCO[C@@H](c3cc(C(=O)N(C)C)c4ccccc4n3)C2)cn1. The zero-order chi connectivity index (χ0) is 22.0.